The fourth-order valence-corrected chi connectivity index (χ4v) is 1.82. The summed E-state index contributed by atoms with van der Waals surface area (Å²) in [5.41, 5.74) is 1.10. The van der Waals surface area contributed by atoms with E-state index in [1.54, 1.807) is 18.3 Å². The number of halogens is 1. The molecular weight excluding hydrogens is 230 g/mol. The molecule has 2 rings (SSSR count). The minimum Gasteiger partial charge on any atom is -0.467 e. The molecule has 4 nitrogen and oxygen atoms in total. The molecule has 2 N–H and O–H groups in total. The number of fused-ring (bicyclic) bond motifs is 1. The standard InChI is InChI=1S/C11H10ClNO3/c1-16-11(15)10(14)7-4-2-3-6-8(12)5-13-9(6)7/h2-5,10,13-14H,1H3. The molecule has 1 atom stereocenters. The van der Waals surface area contributed by atoms with Crippen molar-refractivity contribution in [2.45, 2.75) is 6.10 Å². The highest BCUT2D eigenvalue weighted by atomic mass is 35.5. The number of nitrogens with one attached hydrogen (secondary N) is 1. The lowest BCUT2D eigenvalue weighted by atomic mass is 10.1. The summed E-state index contributed by atoms with van der Waals surface area (Å²) in [4.78, 5) is 14.2. The van der Waals surface area contributed by atoms with Gasteiger partial charge in [0.2, 0.25) is 0 Å². The first-order valence-electron chi connectivity index (χ1n) is 4.66. The van der Waals surface area contributed by atoms with Crippen LogP contribution in [0.15, 0.2) is 24.4 Å². The molecule has 0 aliphatic carbocycles. The zero-order valence-corrected chi connectivity index (χ0v) is 9.28. The number of para-hydroxylation sites is 1. The predicted octanol–water partition coefficient (Wildman–Crippen LogP) is 2.03. The van der Waals surface area contributed by atoms with Crippen LogP contribution in [0.5, 0.6) is 0 Å². The fraction of sp³-hybridized carbons (Fsp3) is 0.182. The van der Waals surface area contributed by atoms with Crippen LogP contribution in [0.4, 0.5) is 0 Å². The van der Waals surface area contributed by atoms with Gasteiger partial charge in [-0.3, -0.25) is 0 Å². The lowest BCUT2D eigenvalue weighted by molar-refractivity contribution is -0.150. The molecule has 1 unspecified atom stereocenters. The van der Waals surface area contributed by atoms with Crippen LogP contribution in [-0.4, -0.2) is 23.2 Å². The molecule has 0 aliphatic rings. The smallest absolute Gasteiger partial charge is 0.339 e. The van der Waals surface area contributed by atoms with Crippen molar-refractivity contribution < 1.29 is 14.6 Å². The maximum atomic E-state index is 11.2. The van der Waals surface area contributed by atoms with Crippen LogP contribution in [0.2, 0.25) is 5.02 Å². The first-order chi connectivity index (χ1) is 7.65. The normalized spacial score (nSPS) is 12.7. The monoisotopic (exact) mass is 239 g/mol. The van der Waals surface area contributed by atoms with Gasteiger partial charge in [-0.1, -0.05) is 29.8 Å². The number of aliphatic hydroxyl groups is 1. The van der Waals surface area contributed by atoms with E-state index < -0.39 is 12.1 Å². The highest BCUT2D eigenvalue weighted by Gasteiger charge is 2.21. The summed E-state index contributed by atoms with van der Waals surface area (Å²) >= 11 is 5.93. The summed E-state index contributed by atoms with van der Waals surface area (Å²) in [6, 6.07) is 5.18. The fourth-order valence-electron chi connectivity index (χ4n) is 1.61. The largest absolute Gasteiger partial charge is 0.467 e. The number of esters is 1. The van der Waals surface area contributed by atoms with Gasteiger partial charge in [-0.05, 0) is 0 Å². The lowest BCUT2D eigenvalue weighted by Gasteiger charge is -2.09. The van der Waals surface area contributed by atoms with Crippen molar-refractivity contribution >= 4 is 28.5 Å². The Balaban J connectivity index is 2.56. The van der Waals surface area contributed by atoms with Gasteiger partial charge in [0.05, 0.1) is 17.6 Å². The van der Waals surface area contributed by atoms with E-state index >= 15 is 0 Å². The van der Waals surface area contributed by atoms with Gasteiger partial charge in [-0.2, -0.15) is 0 Å². The van der Waals surface area contributed by atoms with Crippen LogP contribution in [-0.2, 0) is 9.53 Å². The van der Waals surface area contributed by atoms with E-state index in [0.29, 0.717) is 16.1 Å². The number of hydrogen-bond donors (Lipinski definition) is 2. The highest BCUT2D eigenvalue weighted by Crippen LogP contribution is 2.29. The molecule has 1 aromatic heterocycles. The van der Waals surface area contributed by atoms with Crippen molar-refractivity contribution in [1.82, 2.24) is 4.98 Å². The maximum Gasteiger partial charge on any atom is 0.339 e. The zero-order valence-electron chi connectivity index (χ0n) is 8.53. The number of benzene rings is 1. The second kappa shape index (κ2) is 4.15. The van der Waals surface area contributed by atoms with Gasteiger partial charge in [0, 0.05) is 17.1 Å². The molecule has 0 amide bonds. The number of carbonyl (C=O) groups excluding carboxylic acids is 1. The number of rotatable bonds is 2. The molecule has 16 heavy (non-hydrogen) atoms. The Labute approximate surface area is 96.8 Å². The van der Waals surface area contributed by atoms with Gasteiger partial charge in [-0.25, -0.2) is 4.79 Å². The van der Waals surface area contributed by atoms with Crippen molar-refractivity contribution in [3.63, 3.8) is 0 Å². The molecular formula is C11H10ClNO3. The summed E-state index contributed by atoms with van der Waals surface area (Å²) in [6.45, 7) is 0. The summed E-state index contributed by atoms with van der Waals surface area (Å²) in [5.74, 6) is -0.696. The van der Waals surface area contributed by atoms with Gasteiger partial charge in [0.1, 0.15) is 0 Å². The van der Waals surface area contributed by atoms with Crippen LogP contribution in [0.1, 0.15) is 11.7 Å². The number of aromatic amines is 1. The SMILES string of the molecule is COC(=O)C(O)c1cccc2c(Cl)c[nH]c12. The first-order valence-corrected chi connectivity index (χ1v) is 5.04. The third kappa shape index (κ3) is 1.66. The molecule has 5 heteroatoms. The van der Waals surface area contributed by atoms with Crippen molar-refractivity contribution in [2.24, 2.45) is 0 Å². The van der Waals surface area contributed by atoms with Crippen molar-refractivity contribution in [3.8, 4) is 0 Å². The number of carbonyl (C=O) groups is 1. The molecule has 0 radical (unpaired) electrons. The number of H-pyrrole nitrogens is 1. The molecule has 0 bridgehead atoms. The third-order valence-corrected chi connectivity index (χ3v) is 2.73. The molecule has 84 valence electrons. The van der Waals surface area contributed by atoms with E-state index in [-0.39, 0.29) is 0 Å². The van der Waals surface area contributed by atoms with Crippen LogP contribution >= 0.6 is 11.6 Å². The van der Waals surface area contributed by atoms with E-state index in [9.17, 15) is 9.90 Å². The lowest BCUT2D eigenvalue weighted by Crippen LogP contribution is -2.13. The van der Waals surface area contributed by atoms with E-state index in [2.05, 4.69) is 9.72 Å². The molecule has 1 heterocycles. The molecule has 0 saturated carbocycles. The van der Waals surface area contributed by atoms with Crippen molar-refractivity contribution in [1.29, 1.82) is 0 Å². The molecule has 2 aromatic rings. The average molecular weight is 240 g/mol. The minimum absolute atomic E-state index is 0.455. The van der Waals surface area contributed by atoms with Gasteiger partial charge in [0.15, 0.2) is 6.10 Å². The van der Waals surface area contributed by atoms with E-state index in [1.165, 1.54) is 7.11 Å². The quantitative estimate of drug-likeness (QED) is 0.789. The summed E-state index contributed by atoms with van der Waals surface area (Å²) in [5, 5.41) is 11.1. The average Bonchev–Trinajstić information content (AvgIpc) is 2.69. The minimum atomic E-state index is -1.30. The Morgan fingerprint density at radius 2 is 2.31 bits per heavy atom. The highest BCUT2D eigenvalue weighted by molar-refractivity contribution is 6.35. The Morgan fingerprint density at radius 1 is 1.56 bits per heavy atom. The van der Waals surface area contributed by atoms with Crippen LogP contribution in [0, 0.1) is 0 Å². The van der Waals surface area contributed by atoms with E-state index in [0.717, 1.165) is 5.39 Å². The van der Waals surface area contributed by atoms with Crippen molar-refractivity contribution in [2.75, 3.05) is 7.11 Å². The second-order valence-corrected chi connectivity index (χ2v) is 3.74. The van der Waals surface area contributed by atoms with Gasteiger partial charge < -0.3 is 14.8 Å². The molecule has 1 aromatic carbocycles. The van der Waals surface area contributed by atoms with E-state index in [4.69, 9.17) is 11.6 Å². The van der Waals surface area contributed by atoms with Crippen LogP contribution in [0.25, 0.3) is 10.9 Å². The number of ether oxygens (including phenoxy) is 1. The third-order valence-electron chi connectivity index (χ3n) is 2.42. The van der Waals surface area contributed by atoms with Crippen LogP contribution < -0.4 is 0 Å². The maximum absolute atomic E-state index is 11.2. The molecule has 0 saturated heterocycles. The number of aliphatic hydroxyl groups excluding tert-OH is 1. The molecule has 0 spiro atoms. The van der Waals surface area contributed by atoms with Crippen LogP contribution in [0.3, 0.4) is 0 Å². The van der Waals surface area contributed by atoms with Gasteiger partial charge >= 0.3 is 5.97 Å². The Morgan fingerprint density at radius 3 is 3.00 bits per heavy atom. The summed E-state index contributed by atoms with van der Waals surface area (Å²) in [7, 11) is 1.23. The van der Waals surface area contributed by atoms with Crippen molar-refractivity contribution in [3.05, 3.63) is 35.0 Å². The topological polar surface area (TPSA) is 62.3 Å². The Bertz CT molecular complexity index is 535. The second-order valence-electron chi connectivity index (χ2n) is 3.33. The summed E-state index contributed by atoms with van der Waals surface area (Å²) < 4.78 is 4.49. The first kappa shape index (κ1) is 11.0. The number of hydrogen-bond acceptors (Lipinski definition) is 3. The van der Waals surface area contributed by atoms with Gasteiger partial charge in [0.25, 0.3) is 0 Å². The number of aromatic nitrogens is 1. The Hall–Kier alpha value is -1.52. The predicted molar refractivity (Wildman–Crippen MR) is 60.3 cm³/mol. The zero-order chi connectivity index (χ0) is 11.7. The Kier molecular flexibility index (Phi) is 2.85. The molecule has 0 aliphatic heterocycles. The molecule has 0 fully saturated rings. The summed E-state index contributed by atoms with van der Waals surface area (Å²) in [6.07, 6.45) is 0.308. The number of methoxy groups -OCH3 is 1. The van der Waals surface area contributed by atoms with Gasteiger partial charge in [-0.15, -0.1) is 0 Å². The van der Waals surface area contributed by atoms with E-state index in [1.807, 2.05) is 6.07 Å².